The number of rotatable bonds is 4. The zero-order chi connectivity index (χ0) is 16.7. The number of amides is 3. The molecule has 1 atom stereocenters. The zero-order valence-electron chi connectivity index (χ0n) is 12.7. The van der Waals surface area contributed by atoms with E-state index in [4.69, 9.17) is 4.42 Å². The molecule has 0 aliphatic carbocycles. The summed E-state index contributed by atoms with van der Waals surface area (Å²) < 4.78 is 5.32. The number of carbonyl (C=O) groups excluding carboxylic acids is 2. The Labute approximate surface area is 145 Å². The van der Waals surface area contributed by atoms with E-state index in [0.29, 0.717) is 11.5 Å². The molecule has 1 saturated heterocycles. The molecule has 1 aliphatic rings. The third-order valence-corrected chi connectivity index (χ3v) is 5.89. The summed E-state index contributed by atoms with van der Waals surface area (Å²) in [6.45, 7) is 1.87. The number of furan rings is 1. The Morgan fingerprint density at radius 3 is 2.88 bits per heavy atom. The maximum Gasteiger partial charge on any atom is 0.325 e. The number of hydrogen-bond acceptors (Lipinski definition) is 6. The van der Waals surface area contributed by atoms with Gasteiger partial charge in [-0.1, -0.05) is 6.07 Å². The van der Waals surface area contributed by atoms with Gasteiger partial charge >= 0.3 is 6.03 Å². The molecule has 8 heteroatoms. The van der Waals surface area contributed by atoms with Crippen molar-refractivity contribution in [2.75, 3.05) is 0 Å². The van der Waals surface area contributed by atoms with Gasteiger partial charge < -0.3 is 9.73 Å². The molecule has 1 aliphatic heterocycles. The summed E-state index contributed by atoms with van der Waals surface area (Å²) in [4.78, 5) is 31.5. The molecule has 6 nitrogen and oxygen atoms in total. The molecular weight excluding hydrogens is 346 g/mol. The lowest BCUT2D eigenvalue weighted by atomic mass is 10.0. The minimum absolute atomic E-state index is 0.142. The number of nitrogens with zero attached hydrogens (tertiary/aromatic N) is 2. The first kappa shape index (κ1) is 15.1. The second-order valence-electron chi connectivity index (χ2n) is 5.55. The van der Waals surface area contributed by atoms with Crippen molar-refractivity contribution >= 4 is 34.6 Å². The zero-order valence-corrected chi connectivity index (χ0v) is 14.3. The predicted octanol–water partition coefficient (Wildman–Crippen LogP) is 3.43. The van der Waals surface area contributed by atoms with E-state index in [1.807, 2.05) is 29.0 Å². The van der Waals surface area contributed by atoms with Gasteiger partial charge in [0, 0.05) is 10.3 Å². The van der Waals surface area contributed by atoms with E-state index in [1.165, 1.54) is 27.6 Å². The average molecular weight is 359 g/mol. The van der Waals surface area contributed by atoms with Crippen molar-refractivity contribution in [3.8, 4) is 10.8 Å². The van der Waals surface area contributed by atoms with Crippen molar-refractivity contribution in [2.45, 2.75) is 19.0 Å². The Morgan fingerprint density at radius 1 is 1.29 bits per heavy atom. The van der Waals surface area contributed by atoms with Gasteiger partial charge in [0.2, 0.25) is 0 Å². The van der Waals surface area contributed by atoms with Crippen LogP contribution in [0, 0.1) is 0 Å². The van der Waals surface area contributed by atoms with Crippen LogP contribution in [0.25, 0.3) is 10.8 Å². The van der Waals surface area contributed by atoms with E-state index >= 15 is 0 Å². The summed E-state index contributed by atoms with van der Waals surface area (Å²) in [5, 5.41) is 7.24. The van der Waals surface area contributed by atoms with Gasteiger partial charge in [-0.15, -0.1) is 22.7 Å². The number of hydrogen-bond donors (Lipinski definition) is 1. The lowest BCUT2D eigenvalue weighted by Crippen LogP contribution is -2.40. The highest BCUT2D eigenvalue weighted by Crippen LogP contribution is 2.33. The van der Waals surface area contributed by atoms with Gasteiger partial charge in [0.25, 0.3) is 5.91 Å². The highest BCUT2D eigenvalue weighted by atomic mass is 32.1. The van der Waals surface area contributed by atoms with Gasteiger partial charge in [0.05, 0.1) is 18.5 Å². The quantitative estimate of drug-likeness (QED) is 0.724. The van der Waals surface area contributed by atoms with Crippen molar-refractivity contribution in [1.29, 1.82) is 0 Å². The molecule has 0 saturated carbocycles. The molecule has 0 radical (unpaired) electrons. The summed E-state index contributed by atoms with van der Waals surface area (Å²) in [6.07, 6.45) is 1.58. The van der Waals surface area contributed by atoms with Crippen LogP contribution in [-0.2, 0) is 16.9 Å². The topological polar surface area (TPSA) is 75.4 Å². The van der Waals surface area contributed by atoms with Crippen LogP contribution in [0.5, 0.6) is 0 Å². The highest BCUT2D eigenvalue weighted by Gasteiger charge is 2.49. The fourth-order valence-corrected chi connectivity index (χ4v) is 4.24. The summed E-state index contributed by atoms with van der Waals surface area (Å²) >= 11 is 2.87. The Bertz CT molecular complexity index is 886. The first-order valence-corrected chi connectivity index (χ1v) is 9.00. The molecule has 3 aromatic heterocycles. The molecule has 4 rings (SSSR count). The first-order chi connectivity index (χ1) is 11.6. The number of nitrogens with one attached hydrogen (secondary N) is 1. The molecule has 3 amide bonds. The van der Waals surface area contributed by atoms with Crippen LogP contribution < -0.4 is 5.32 Å². The van der Waals surface area contributed by atoms with Gasteiger partial charge in [0.1, 0.15) is 0 Å². The van der Waals surface area contributed by atoms with E-state index in [-0.39, 0.29) is 12.5 Å². The summed E-state index contributed by atoms with van der Waals surface area (Å²) in [6, 6.07) is 6.93. The number of urea groups is 1. The molecule has 1 fully saturated rings. The van der Waals surface area contributed by atoms with E-state index in [9.17, 15) is 9.59 Å². The minimum atomic E-state index is -1.01. The predicted molar refractivity (Wildman–Crippen MR) is 90.6 cm³/mol. The highest BCUT2D eigenvalue weighted by molar-refractivity contribution is 7.13. The monoisotopic (exact) mass is 359 g/mol. The largest absolute Gasteiger partial charge is 0.462 e. The van der Waals surface area contributed by atoms with Crippen LogP contribution in [0.2, 0.25) is 0 Å². The lowest BCUT2D eigenvalue weighted by Gasteiger charge is -2.19. The van der Waals surface area contributed by atoms with Crippen LogP contribution in [0.15, 0.2) is 45.7 Å². The number of thiazole rings is 1. The van der Waals surface area contributed by atoms with E-state index < -0.39 is 11.6 Å². The van der Waals surface area contributed by atoms with Crippen molar-refractivity contribution < 1.29 is 14.0 Å². The summed E-state index contributed by atoms with van der Waals surface area (Å²) in [7, 11) is 0. The maximum atomic E-state index is 12.8. The van der Waals surface area contributed by atoms with E-state index in [0.717, 1.165) is 9.88 Å². The fraction of sp³-hybridized carbons (Fsp3) is 0.188. The Hall–Kier alpha value is -2.45. The maximum absolute atomic E-state index is 12.8. The molecule has 122 valence electrons. The van der Waals surface area contributed by atoms with Crippen LogP contribution in [0.4, 0.5) is 4.79 Å². The fourth-order valence-electron chi connectivity index (χ4n) is 2.63. The molecule has 1 unspecified atom stereocenters. The normalized spacial score (nSPS) is 20.6. The second-order valence-corrected chi connectivity index (χ2v) is 7.35. The molecule has 3 aromatic rings. The van der Waals surface area contributed by atoms with E-state index in [1.54, 1.807) is 19.3 Å². The molecule has 1 N–H and O–H groups in total. The molecular formula is C16H13N3O3S2. The van der Waals surface area contributed by atoms with Crippen molar-refractivity contribution in [3.05, 3.63) is 51.9 Å². The van der Waals surface area contributed by atoms with Gasteiger partial charge in [0.15, 0.2) is 16.3 Å². The molecule has 0 aromatic carbocycles. The van der Waals surface area contributed by atoms with Crippen LogP contribution in [0.1, 0.15) is 17.5 Å². The molecule has 24 heavy (non-hydrogen) atoms. The molecule has 4 heterocycles. The Balaban J connectivity index is 1.57. The first-order valence-electron chi connectivity index (χ1n) is 7.24. The van der Waals surface area contributed by atoms with E-state index in [2.05, 4.69) is 10.3 Å². The SMILES string of the molecule is CC1(c2cccs2)NC(=O)N(Cc2csc(-c3ccco3)n2)C1=O. The molecule has 0 spiro atoms. The third-order valence-electron chi connectivity index (χ3n) is 3.89. The van der Waals surface area contributed by atoms with Crippen molar-refractivity contribution in [1.82, 2.24) is 15.2 Å². The van der Waals surface area contributed by atoms with Gasteiger partial charge in [-0.2, -0.15) is 0 Å². The van der Waals surface area contributed by atoms with Crippen molar-refractivity contribution in [2.24, 2.45) is 0 Å². The summed E-state index contributed by atoms with van der Waals surface area (Å²) in [5.41, 5.74) is -0.351. The number of carbonyl (C=O) groups is 2. The van der Waals surface area contributed by atoms with Crippen LogP contribution in [-0.4, -0.2) is 21.8 Å². The van der Waals surface area contributed by atoms with Gasteiger partial charge in [-0.3, -0.25) is 9.69 Å². The standard InChI is InChI=1S/C16H13N3O3S2/c1-16(12-5-3-7-23-12)14(20)19(15(21)18-16)8-10-9-24-13(17-10)11-4-2-6-22-11/h2-7,9H,8H2,1H3,(H,18,21). The van der Waals surface area contributed by atoms with Crippen molar-refractivity contribution in [3.63, 3.8) is 0 Å². The lowest BCUT2D eigenvalue weighted by molar-refractivity contribution is -0.131. The van der Waals surface area contributed by atoms with Gasteiger partial charge in [-0.05, 0) is 30.5 Å². The third kappa shape index (κ3) is 2.35. The van der Waals surface area contributed by atoms with Gasteiger partial charge in [-0.25, -0.2) is 9.78 Å². The Kier molecular flexibility index (Phi) is 3.50. The van der Waals surface area contributed by atoms with Crippen LogP contribution in [0.3, 0.4) is 0 Å². The number of imide groups is 1. The average Bonchev–Trinajstić information content (AvgIpc) is 3.34. The number of aromatic nitrogens is 1. The summed E-state index contributed by atoms with van der Waals surface area (Å²) in [5.74, 6) is 0.411. The second kappa shape index (κ2) is 5.57. The van der Waals surface area contributed by atoms with Crippen LogP contribution >= 0.6 is 22.7 Å². The number of thiophene rings is 1. The Morgan fingerprint density at radius 2 is 2.17 bits per heavy atom. The smallest absolute Gasteiger partial charge is 0.325 e. The molecule has 0 bridgehead atoms. The minimum Gasteiger partial charge on any atom is -0.462 e.